The summed E-state index contributed by atoms with van der Waals surface area (Å²) in [6, 6.07) is 0. The molecule has 0 spiro atoms. The maximum Gasteiger partial charge on any atom is 0.222 e. The average Bonchev–Trinajstić information content (AvgIpc) is 3.14. The summed E-state index contributed by atoms with van der Waals surface area (Å²) in [7, 11) is -1.82. The molecule has 0 bridgehead atoms. The summed E-state index contributed by atoms with van der Waals surface area (Å²) in [5.74, 6) is 3.27. The lowest BCUT2D eigenvalue weighted by Crippen LogP contribution is -2.39. The van der Waals surface area contributed by atoms with Gasteiger partial charge in [0.05, 0.1) is 17.6 Å². The number of aliphatic hydroxyl groups is 2. The van der Waals surface area contributed by atoms with Gasteiger partial charge >= 0.3 is 0 Å². The Balaban J connectivity index is -0.0000000910. The lowest BCUT2D eigenvalue weighted by atomic mass is 10.0. The van der Waals surface area contributed by atoms with Crippen molar-refractivity contribution < 1.29 is 41.6 Å². The molecule has 2 unspecified atom stereocenters. The number of rotatable bonds is 3. The van der Waals surface area contributed by atoms with Crippen molar-refractivity contribution in [1.82, 2.24) is 39.1 Å². The number of ether oxygens (including phenoxy) is 1. The minimum absolute atomic E-state index is 0. The van der Waals surface area contributed by atoms with Crippen LogP contribution in [0.5, 0.6) is 0 Å². The van der Waals surface area contributed by atoms with E-state index in [9.17, 15) is 15.0 Å². The summed E-state index contributed by atoms with van der Waals surface area (Å²) in [5.41, 5.74) is 4.40. The first-order valence-corrected chi connectivity index (χ1v) is 18.3. The van der Waals surface area contributed by atoms with E-state index in [-0.39, 0.29) is 95.1 Å². The zero-order chi connectivity index (χ0) is 25.1. The van der Waals surface area contributed by atoms with Crippen LogP contribution in [-0.4, -0.2) is 93.1 Å². The minimum atomic E-state index is -1.68. The number of nitrogens with one attached hydrogen (secondary N) is 1. The molecule has 1 saturated heterocycles. The Kier molecular flexibility index (Phi) is 43.2. The van der Waals surface area contributed by atoms with Crippen molar-refractivity contribution in [1.29, 1.82) is 0 Å². The Labute approximate surface area is 276 Å². The molecule has 0 aromatic carbocycles. The average molecular weight is 720 g/mol. The monoisotopic (exact) mass is 718 g/mol. The van der Waals surface area contributed by atoms with Gasteiger partial charge in [-0.05, 0) is 6.92 Å². The van der Waals surface area contributed by atoms with Crippen LogP contribution in [0.4, 0.5) is 5.82 Å². The number of halogens is 2. The molecule has 20 heteroatoms. The molecule has 1 aliphatic rings. The van der Waals surface area contributed by atoms with E-state index in [4.69, 9.17) is 16.3 Å². The van der Waals surface area contributed by atoms with Crippen molar-refractivity contribution in [2.45, 2.75) is 91.3 Å². The Morgan fingerprint density at radius 2 is 1.57 bits per heavy atom. The van der Waals surface area contributed by atoms with Gasteiger partial charge in [-0.1, -0.05) is 60.1 Å². The van der Waals surface area contributed by atoms with Gasteiger partial charge in [-0.3, -0.25) is 4.79 Å². The van der Waals surface area contributed by atoms with Crippen LogP contribution < -0.4 is 29.9 Å². The van der Waals surface area contributed by atoms with E-state index < -0.39 is 31.4 Å². The van der Waals surface area contributed by atoms with E-state index in [2.05, 4.69) is 66.0 Å². The van der Waals surface area contributed by atoms with Gasteiger partial charge in [-0.15, -0.1) is 29.6 Å². The number of nitrogens with zero attached hydrogens (tertiary/aromatic N) is 3. The van der Waals surface area contributed by atoms with Gasteiger partial charge < -0.3 is 71.3 Å². The number of hydrogen-bond acceptors (Lipinski definition) is 10. The van der Waals surface area contributed by atoms with Crippen LogP contribution >= 0.6 is 24.0 Å². The van der Waals surface area contributed by atoms with Gasteiger partial charge in [0.15, 0.2) is 6.23 Å². The van der Waals surface area contributed by atoms with Crippen molar-refractivity contribution in [3.63, 3.8) is 0 Å². The van der Waals surface area contributed by atoms with Crippen LogP contribution in [-0.2, 0) is 9.53 Å². The van der Waals surface area contributed by atoms with E-state index in [1.165, 1.54) is 13.3 Å². The number of amides is 1. The molecule has 2 aromatic rings. The van der Waals surface area contributed by atoms with Crippen molar-refractivity contribution in [3.05, 3.63) is 18.1 Å². The number of alkyl halides is 1. The van der Waals surface area contributed by atoms with Crippen LogP contribution in [0.3, 0.4) is 0 Å². The van der Waals surface area contributed by atoms with E-state index in [0.29, 0.717) is 22.4 Å². The zero-order valence-electron chi connectivity index (χ0n) is 25.8. The van der Waals surface area contributed by atoms with Crippen LogP contribution in [0, 0.1) is 11.5 Å². The van der Waals surface area contributed by atoms with E-state index in [1.54, 1.807) is 17.7 Å². The number of anilines is 1. The first-order chi connectivity index (χ1) is 15.2. The number of carbonyl (C=O) groups excluding carboxylic acids is 1. The van der Waals surface area contributed by atoms with Crippen molar-refractivity contribution in [2.75, 3.05) is 11.9 Å². The molecule has 4 atom stereocenters. The third kappa shape index (κ3) is 17.1. The van der Waals surface area contributed by atoms with Crippen LogP contribution in [0.1, 0.15) is 40.5 Å². The predicted molar refractivity (Wildman–Crippen MR) is 193 cm³/mol. The maximum atomic E-state index is 11.7. The highest BCUT2D eigenvalue weighted by Gasteiger charge is 2.53. The van der Waals surface area contributed by atoms with Crippen molar-refractivity contribution in [2.24, 2.45) is 0 Å². The SMILES string of the molecule is C.C.CC(=O)Nc1ncnc2c1c(C#C[Si](C)(C)C)cn2[C@@H]1OC(CO)C(O)[C@@]1(C)Cl.C[SiH](C)C.Cl.N.N.N.N.O.O.O.O. The molecule has 44 heavy (non-hydrogen) atoms. The maximum absolute atomic E-state index is 11.7. The lowest BCUT2D eigenvalue weighted by Gasteiger charge is -2.26. The van der Waals surface area contributed by atoms with Crippen LogP contribution in [0.25, 0.3) is 11.0 Å². The molecule has 1 fully saturated rings. The van der Waals surface area contributed by atoms with Crippen LogP contribution in [0.2, 0.25) is 39.3 Å². The molecule has 16 nitrogen and oxygen atoms in total. The topological polar surface area (TPSA) is 376 Å². The second kappa shape index (κ2) is 27.5. The fourth-order valence-electron chi connectivity index (χ4n) is 3.24. The van der Waals surface area contributed by atoms with Crippen molar-refractivity contribution >= 4 is 63.6 Å². The highest BCUT2D eigenvalue weighted by atomic mass is 35.5. The second-order valence-corrected chi connectivity index (χ2v) is 19.1. The molecule has 0 aliphatic carbocycles. The smallest absolute Gasteiger partial charge is 0.222 e. The molecule has 2 aromatic heterocycles. The van der Waals surface area contributed by atoms with Crippen molar-refractivity contribution in [3.8, 4) is 11.5 Å². The molecular weight excluding hydrogens is 655 g/mol. The molecule has 23 N–H and O–H groups in total. The van der Waals surface area contributed by atoms with Gasteiger partial charge in [-0.2, -0.15) is 0 Å². The molecule has 0 radical (unpaired) electrons. The van der Waals surface area contributed by atoms with E-state index in [1.807, 2.05) is 0 Å². The molecule has 3 rings (SSSR count). The standard InChI is InChI=1S/C19H25ClN4O4Si.C3H10Si.2CH4.ClH.4H3N.4H2O/c1-11(26)23-16-14-12(6-7-29(3,4)5)8-24(17(14)22-10-21-16)18-19(2,20)15(27)13(9-25)28-18;1-4(2)3;;;;;;;;;;;/h8,10,13,15,18,25,27H,9H2,1-5H3,(H,21,22,23,26);4H,1-3H3;2*1H4;1H;4*1H3;4*1H2/t13?,15?,18-,19-;;;;;;;;;;;;/m1............/s1. The normalized spacial score (nSPS) is 18.6. The number of hydrogen-bond donors (Lipinski definition) is 7. The fourth-order valence-corrected chi connectivity index (χ4v) is 4.04. The third-order valence-electron chi connectivity index (χ3n) is 4.63. The second-order valence-electron chi connectivity index (χ2n) is 10.1. The molecule has 1 amide bonds. The quantitative estimate of drug-likeness (QED) is 0.137. The summed E-state index contributed by atoms with van der Waals surface area (Å²) in [5, 5.41) is 23.3. The predicted octanol–water partition coefficient (Wildman–Crippen LogP) is 2.01. The Morgan fingerprint density at radius 1 is 1.11 bits per heavy atom. The largest absolute Gasteiger partial charge is 0.412 e. The van der Waals surface area contributed by atoms with Gasteiger partial charge in [0, 0.05) is 21.9 Å². The van der Waals surface area contributed by atoms with Crippen LogP contribution in [0.15, 0.2) is 12.5 Å². The minimum Gasteiger partial charge on any atom is -0.412 e. The summed E-state index contributed by atoms with van der Waals surface area (Å²) in [4.78, 5) is 19.0. The lowest BCUT2D eigenvalue weighted by molar-refractivity contribution is -0.114. The summed E-state index contributed by atoms with van der Waals surface area (Å²) >= 11 is 6.63. The number of fused-ring (bicyclic) bond motifs is 1. The number of aliphatic hydroxyl groups excluding tert-OH is 2. The Bertz CT molecular complexity index is 1080. The number of carbonyl (C=O) groups is 1. The van der Waals surface area contributed by atoms with Gasteiger partial charge in [0.2, 0.25) is 5.91 Å². The highest BCUT2D eigenvalue weighted by Crippen LogP contribution is 2.45. The third-order valence-corrected chi connectivity index (χ3v) is 5.91. The Morgan fingerprint density at radius 3 is 1.93 bits per heavy atom. The van der Waals surface area contributed by atoms with Gasteiger partial charge in [-0.25, -0.2) is 9.97 Å². The van der Waals surface area contributed by atoms with E-state index >= 15 is 0 Å². The zero-order valence-corrected chi connectivity index (χ0v) is 29.6. The molecule has 3 heterocycles. The molecular formula is C24H64Cl2N8O8Si2. The number of aromatic nitrogens is 3. The molecule has 0 saturated carbocycles. The van der Waals surface area contributed by atoms with Gasteiger partial charge in [0.1, 0.15) is 42.9 Å². The summed E-state index contributed by atoms with van der Waals surface area (Å²) in [6.45, 7) is 16.0. The van der Waals surface area contributed by atoms with Gasteiger partial charge in [0.25, 0.3) is 0 Å². The Hall–Kier alpha value is -1.78. The molecule has 1 aliphatic heterocycles. The highest BCUT2D eigenvalue weighted by molar-refractivity contribution is 6.83. The first-order valence-electron chi connectivity index (χ1n) is 11.0. The summed E-state index contributed by atoms with van der Waals surface area (Å²) < 4.78 is 7.54. The van der Waals surface area contributed by atoms with E-state index in [0.717, 1.165) is 0 Å². The molecule has 270 valence electrons. The fraction of sp³-hybridized carbons (Fsp3) is 0.625. The summed E-state index contributed by atoms with van der Waals surface area (Å²) in [6.07, 6.45) is 0.370. The first kappa shape index (κ1) is 69.1.